The fraction of sp³-hybridized carbons (Fsp3) is 0.600. The first-order valence-corrected chi connectivity index (χ1v) is 9.21. The van der Waals surface area contributed by atoms with Crippen LogP contribution in [-0.4, -0.2) is 18.7 Å². The zero-order chi connectivity index (χ0) is 19.6. The highest BCUT2D eigenvalue weighted by atomic mass is 19.4. The Morgan fingerprint density at radius 1 is 0.962 bits per heavy atom. The third kappa shape index (κ3) is 7.58. The van der Waals surface area contributed by atoms with Gasteiger partial charge in [0.05, 0.1) is 17.7 Å². The minimum absolute atomic E-state index is 0.222. The van der Waals surface area contributed by atoms with Crippen LogP contribution in [0.25, 0.3) is 0 Å². The molecule has 0 saturated carbocycles. The quantitative estimate of drug-likeness (QED) is 0.366. The topological polar surface area (TPSA) is 37.4 Å². The summed E-state index contributed by atoms with van der Waals surface area (Å²) in [4.78, 5) is 25.0. The first-order valence-electron chi connectivity index (χ1n) is 9.21. The first kappa shape index (κ1) is 22.2. The number of carbonyl (C=O) groups is 2. The van der Waals surface area contributed by atoms with Gasteiger partial charge in [-0.2, -0.15) is 13.2 Å². The molecule has 0 aliphatic carbocycles. The van der Waals surface area contributed by atoms with Crippen LogP contribution in [0.15, 0.2) is 24.3 Å². The van der Waals surface area contributed by atoms with Crippen LogP contribution in [0.3, 0.4) is 0 Å². The van der Waals surface area contributed by atoms with Crippen molar-refractivity contribution in [1.82, 2.24) is 0 Å². The maximum absolute atomic E-state index is 13.0. The summed E-state index contributed by atoms with van der Waals surface area (Å²) in [6.07, 6.45) is 2.88. The Hall–Kier alpha value is -1.85. The summed E-state index contributed by atoms with van der Waals surface area (Å²) in [6.45, 7) is 2.15. The summed E-state index contributed by atoms with van der Waals surface area (Å²) < 4.78 is 39.1. The number of rotatable bonds is 11. The number of carbonyl (C=O) groups excluding carboxylic acids is 2. The molecule has 0 saturated heterocycles. The van der Waals surface area contributed by atoms with Gasteiger partial charge < -0.3 is 4.90 Å². The number of halogens is 3. The van der Waals surface area contributed by atoms with Crippen LogP contribution in [0, 0.1) is 0 Å². The number of unbranched alkanes of at least 4 members (excludes halogenated alkanes) is 6. The molecule has 1 aromatic rings. The van der Waals surface area contributed by atoms with E-state index in [1.807, 2.05) is 0 Å². The molecule has 0 radical (unpaired) electrons. The molecule has 0 atom stereocenters. The second-order valence-corrected chi connectivity index (χ2v) is 6.55. The van der Waals surface area contributed by atoms with Crippen LogP contribution in [-0.2, 0) is 15.8 Å². The number of nitrogens with zero attached hydrogens (tertiary/aromatic N) is 1. The zero-order valence-electron chi connectivity index (χ0n) is 15.6. The van der Waals surface area contributed by atoms with E-state index < -0.39 is 17.6 Å². The summed E-state index contributed by atoms with van der Waals surface area (Å²) in [7, 11) is 1.27. The number of amides is 1. The zero-order valence-corrected chi connectivity index (χ0v) is 15.6. The average Bonchev–Trinajstić information content (AvgIpc) is 2.59. The number of Topliss-reactive ketones (excluding diaryl/α,β-unsaturated/α-hetero) is 1. The molecule has 0 aromatic heterocycles. The van der Waals surface area contributed by atoms with E-state index >= 15 is 0 Å². The number of para-hydroxylation sites is 1. The molecule has 1 rings (SSSR count). The second kappa shape index (κ2) is 11.0. The molecule has 0 aliphatic rings. The van der Waals surface area contributed by atoms with Gasteiger partial charge >= 0.3 is 6.18 Å². The number of ketones is 1. The molecule has 0 unspecified atom stereocenters. The summed E-state index contributed by atoms with van der Waals surface area (Å²) in [5, 5.41) is 0. The lowest BCUT2D eigenvalue weighted by Crippen LogP contribution is -2.30. The minimum atomic E-state index is -4.55. The molecule has 0 fully saturated rings. The fourth-order valence-electron chi connectivity index (χ4n) is 2.80. The van der Waals surface area contributed by atoms with Crippen molar-refractivity contribution in [1.29, 1.82) is 0 Å². The molecule has 0 aliphatic heterocycles. The molecule has 1 aromatic carbocycles. The maximum atomic E-state index is 13.0. The number of benzene rings is 1. The molecular weight excluding hydrogens is 343 g/mol. The Labute approximate surface area is 153 Å². The van der Waals surface area contributed by atoms with Gasteiger partial charge in [0.2, 0.25) is 5.91 Å². The predicted molar refractivity (Wildman–Crippen MR) is 97.1 cm³/mol. The van der Waals surface area contributed by atoms with Crippen molar-refractivity contribution in [2.75, 3.05) is 11.9 Å². The van der Waals surface area contributed by atoms with Crippen LogP contribution < -0.4 is 4.90 Å². The van der Waals surface area contributed by atoms with Crippen molar-refractivity contribution < 1.29 is 22.8 Å². The van der Waals surface area contributed by atoms with E-state index in [1.165, 1.54) is 44.5 Å². The van der Waals surface area contributed by atoms with Crippen LogP contribution in [0.5, 0.6) is 0 Å². The molecule has 6 heteroatoms. The molecule has 26 heavy (non-hydrogen) atoms. The highest BCUT2D eigenvalue weighted by Gasteiger charge is 2.35. The SMILES string of the molecule is CCCCCCCCCC(=O)CC(=O)N(C)c1ccccc1C(F)(F)F. The van der Waals surface area contributed by atoms with Gasteiger partial charge in [-0.25, -0.2) is 0 Å². The van der Waals surface area contributed by atoms with E-state index in [2.05, 4.69) is 6.92 Å². The number of alkyl halides is 3. The van der Waals surface area contributed by atoms with Gasteiger partial charge in [0.1, 0.15) is 5.78 Å². The Bertz CT molecular complexity index is 585. The number of hydrogen-bond donors (Lipinski definition) is 0. The maximum Gasteiger partial charge on any atom is 0.418 e. The lowest BCUT2D eigenvalue weighted by Gasteiger charge is -2.21. The third-order valence-corrected chi connectivity index (χ3v) is 4.35. The van der Waals surface area contributed by atoms with E-state index in [0.29, 0.717) is 6.42 Å². The molecule has 0 spiro atoms. The first-order chi connectivity index (χ1) is 12.3. The minimum Gasteiger partial charge on any atom is -0.315 e. The Kier molecular flexibility index (Phi) is 9.38. The van der Waals surface area contributed by atoms with Crippen LogP contribution in [0.1, 0.15) is 70.3 Å². The van der Waals surface area contributed by atoms with Gasteiger partial charge in [-0.3, -0.25) is 9.59 Å². The largest absolute Gasteiger partial charge is 0.418 e. The molecule has 3 nitrogen and oxygen atoms in total. The van der Waals surface area contributed by atoms with Gasteiger partial charge in [0, 0.05) is 13.5 Å². The predicted octanol–water partition coefficient (Wildman–Crippen LogP) is 5.77. The fourth-order valence-corrected chi connectivity index (χ4v) is 2.80. The standard InChI is InChI=1S/C20H28F3NO2/c1-3-4-5-6-7-8-9-12-16(25)15-19(26)24(2)18-14-11-10-13-17(18)20(21,22)23/h10-11,13-14H,3-9,12,15H2,1-2H3. The lowest BCUT2D eigenvalue weighted by atomic mass is 10.1. The summed E-state index contributed by atoms with van der Waals surface area (Å²) in [5.41, 5.74) is -1.11. The van der Waals surface area contributed by atoms with Gasteiger partial charge in [0.25, 0.3) is 0 Å². The van der Waals surface area contributed by atoms with E-state index in [0.717, 1.165) is 36.6 Å². The monoisotopic (exact) mass is 371 g/mol. The van der Waals surface area contributed by atoms with Crippen molar-refractivity contribution in [3.8, 4) is 0 Å². The van der Waals surface area contributed by atoms with Gasteiger partial charge in [-0.05, 0) is 18.6 Å². The summed E-state index contributed by atoms with van der Waals surface area (Å²) >= 11 is 0. The molecule has 1 amide bonds. The molecule has 0 bridgehead atoms. The van der Waals surface area contributed by atoms with Gasteiger partial charge in [-0.1, -0.05) is 57.6 Å². The van der Waals surface area contributed by atoms with Gasteiger partial charge in [0.15, 0.2) is 0 Å². The van der Waals surface area contributed by atoms with E-state index in [4.69, 9.17) is 0 Å². The summed E-state index contributed by atoms with van der Waals surface area (Å²) in [5.74, 6) is -0.838. The van der Waals surface area contributed by atoms with Crippen molar-refractivity contribution in [2.24, 2.45) is 0 Å². The summed E-state index contributed by atoms with van der Waals surface area (Å²) in [6, 6.07) is 4.88. The number of anilines is 1. The second-order valence-electron chi connectivity index (χ2n) is 6.55. The van der Waals surface area contributed by atoms with E-state index in [1.54, 1.807) is 0 Å². The highest BCUT2D eigenvalue weighted by molar-refractivity contribution is 6.05. The molecule has 146 valence electrons. The average molecular weight is 371 g/mol. The Balaban J connectivity index is 2.46. The van der Waals surface area contributed by atoms with Crippen LogP contribution in [0.2, 0.25) is 0 Å². The van der Waals surface area contributed by atoms with E-state index in [9.17, 15) is 22.8 Å². The van der Waals surface area contributed by atoms with E-state index in [-0.39, 0.29) is 17.9 Å². The van der Waals surface area contributed by atoms with Crippen LogP contribution >= 0.6 is 0 Å². The van der Waals surface area contributed by atoms with Crippen molar-refractivity contribution in [3.05, 3.63) is 29.8 Å². The highest BCUT2D eigenvalue weighted by Crippen LogP contribution is 2.36. The smallest absolute Gasteiger partial charge is 0.315 e. The third-order valence-electron chi connectivity index (χ3n) is 4.35. The van der Waals surface area contributed by atoms with Gasteiger partial charge in [-0.15, -0.1) is 0 Å². The Morgan fingerprint density at radius 2 is 1.54 bits per heavy atom. The van der Waals surface area contributed by atoms with Crippen molar-refractivity contribution in [3.63, 3.8) is 0 Å². The normalized spacial score (nSPS) is 11.4. The van der Waals surface area contributed by atoms with Crippen molar-refractivity contribution >= 4 is 17.4 Å². The molecule has 0 N–H and O–H groups in total. The molecular formula is C20H28F3NO2. The lowest BCUT2D eigenvalue weighted by molar-refractivity contribution is -0.137. The van der Waals surface area contributed by atoms with Crippen LogP contribution in [0.4, 0.5) is 18.9 Å². The van der Waals surface area contributed by atoms with Crippen molar-refractivity contribution in [2.45, 2.75) is 70.9 Å². The Morgan fingerprint density at radius 3 is 2.15 bits per heavy atom. The number of hydrogen-bond acceptors (Lipinski definition) is 2. The molecule has 0 heterocycles.